The summed E-state index contributed by atoms with van der Waals surface area (Å²) in [6.45, 7) is 13.1. The molecule has 0 saturated heterocycles. The van der Waals surface area contributed by atoms with E-state index < -0.39 is 0 Å². The zero-order valence-electron chi connectivity index (χ0n) is 14.1. The van der Waals surface area contributed by atoms with Crippen LogP contribution in [0.25, 0.3) is 0 Å². The number of benzene rings is 1. The molecule has 0 spiro atoms. The molecular formula is C18H32N2. The van der Waals surface area contributed by atoms with Gasteiger partial charge in [-0.25, -0.2) is 0 Å². The van der Waals surface area contributed by atoms with Crippen LogP contribution in [-0.4, -0.2) is 25.0 Å². The fourth-order valence-corrected chi connectivity index (χ4v) is 2.52. The summed E-state index contributed by atoms with van der Waals surface area (Å²) < 4.78 is 0. The Morgan fingerprint density at radius 2 is 1.70 bits per heavy atom. The summed E-state index contributed by atoms with van der Waals surface area (Å²) in [4.78, 5) is 2.39. The third-order valence-corrected chi connectivity index (χ3v) is 4.21. The second-order valence-electron chi connectivity index (χ2n) is 7.08. The molecule has 2 N–H and O–H groups in total. The van der Waals surface area contributed by atoms with Gasteiger partial charge in [-0.15, -0.1) is 0 Å². The van der Waals surface area contributed by atoms with Crippen molar-refractivity contribution in [3.05, 3.63) is 35.4 Å². The molecule has 2 atom stereocenters. The lowest BCUT2D eigenvalue weighted by Crippen LogP contribution is -2.33. The zero-order chi connectivity index (χ0) is 15.3. The highest BCUT2D eigenvalue weighted by molar-refractivity contribution is 5.29. The predicted octanol–water partition coefficient (Wildman–Crippen LogP) is 3.96. The molecule has 114 valence electrons. The minimum atomic E-state index is 0.208. The Kier molecular flexibility index (Phi) is 6.22. The molecule has 0 radical (unpaired) electrons. The van der Waals surface area contributed by atoms with Gasteiger partial charge < -0.3 is 5.73 Å². The fourth-order valence-electron chi connectivity index (χ4n) is 2.52. The third kappa shape index (κ3) is 4.60. The monoisotopic (exact) mass is 276 g/mol. The standard InChI is InChI=1S/C18H32N2/c1-7-14(2)13-20(6)17(12-19)15-8-10-16(11-9-15)18(3,4)5/h8-11,14,17H,7,12-13,19H2,1-6H3. The van der Waals surface area contributed by atoms with E-state index in [9.17, 15) is 0 Å². The molecule has 2 nitrogen and oxygen atoms in total. The van der Waals surface area contributed by atoms with E-state index in [-0.39, 0.29) is 5.41 Å². The highest BCUT2D eigenvalue weighted by Gasteiger charge is 2.18. The molecule has 0 amide bonds. The first kappa shape index (κ1) is 17.2. The molecule has 1 aromatic rings. The second kappa shape index (κ2) is 7.24. The molecule has 0 aliphatic heterocycles. The van der Waals surface area contributed by atoms with Crippen molar-refractivity contribution in [2.75, 3.05) is 20.1 Å². The number of rotatable bonds is 6. The quantitative estimate of drug-likeness (QED) is 0.852. The van der Waals surface area contributed by atoms with Crippen LogP contribution < -0.4 is 5.73 Å². The number of hydrogen-bond acceptors (Lipinski definition) is 2. The van der Waals surface area contributed by atoms with Crippen molar-refractivity contribution in [3.8, 4) is 0 Å². The highest BCUT2D eigenvalue weighted by Crippen LogP contribution is 2.25. The molecule has 1 rings (SSSR count). The van der Waals surface area contributed by atoms with E-state index in [2.05, 4.69) is 70.8 Å². The van der Waals surface area contributed by atoms with Crippen LogP contribution in [0, 0.1) is 5.92 Å². The Morgan fingerprint density at radius 3 is 2.10 bits per heavy atom. The number of hydrogen-bond donors (Lipinski definition) is 1. The van der Waals surface area contributed by atoms with Crippen molar-refractivity contribution in [1.82, 2.24) is 4.90 Å². The largest absolute Gasteiger partial charge is 0.329 e. The summed E-state index contributed by atoms with van der Waals surface area (Å²) in [5, 5.41) is 0. The maximum atomic E-state index is 6.01. The summed E-state index contributed by atoms with van der Waals surface area (Å²) in [6.07, 6.45) is 1.21. The van der Waals surface area contributed by atoms with Crippen LogP contribution in [0.5, 0.6) is 0 Å². The maximum absolute atomic E-state index is 6.01. The summed E-state index contributed by atoms with van der Waals surface area (Å²) in [5.41, 5.74) is 8.91. The van der Waals surface area contributed by atoms with Gasteiger partial charge in [0.25, 0.3) is 0 Å². The van der Waals surface area contributed by atoms with Crippen molar-refractivity contribution in [3.63, 3.8) is 0 Å². The summed E-state index contributed by atoms with van der Waals surface area (Å²) >= 11 is 0. The van der Waals surface area contributed by atoms with E-state index in [1.807, 2.05) is 0 Å². The summed E-state index contributed by atoms with van der Waals surface area (Å²) in [7, 11) is 2.18. The molecule has 20 heavy (non-hydrogen) atoms. The lowest BCUT2D eigenvalue weighted by atomic mass is 9.86. The van der Waals surface area contributed by atoms with Crippen LogP contribution in [-0.2, 0) is 5.41 Å². The van der Waals surface area contributed by atoms with Gasteiger partial charge in [0.2, 0.25) is 0 Å². The molecule has 0 aliphatic carbocycles. The number of nitrogens with zero attached hydrogens (tertiary/aromatic N) is 1. The van der Waals surface area contributed by atoms with E-state index in [1.54, 1.807) is 0 Å². The lowest BCUT2D eigenvalue weighted by Gasteiger charge is -2.30. The molecule has 0 bridgehead atoms. The molecule has 0 aliphatic rings. The molecule has 0 saturated carbocycles. The van der Waals surface area contributed by atoms with Gasteiger partial charge >= 0.3 is 0 Å². The highest BCUT2D eigenvalue weighted by atomic mass is 15.1. The van der Waals surface area contributed by atoms with Crippen LogP contribution in [0.1, 0.15) is 58.2 Å². The van der Waals surface area contributed by atoms with Crippen LogP contribution in [0.15, 0.2) is 24.3 Å². The fraction of sp³-hybridized carbons (Fsp3) is 0.667. The van der Waals surface area contributed by atoms with E-state index in [0.29, 0.717) is 18.5 Å². The van der Waals surface area contributed by atoms with Crippen LogP contribution in [0.2, 0.25) is 0 Å². The zero-order valence-corrected chi connectivity index (χ0v) is 14.1. The first-order chi connectivity index (χ1) is 9.29. The Morgan fingerprint density at radius 1 is 1.15 bits per heavy atom. The van der Waals surface area contributed by atoms with E-state index in [0.717, 1.165) is 6.54 Å². The Hall–Kier alpha value is -0.860. The van der Waals surface area contributed by atoms with E-state index >= 15 is 0 Å². The summed E-state index contributed by atoms with van der Waals surface area (Å²) in [5.74, 6) is 0.711. The van der Waals surface area contributed by atoms with Gasteiger partial charge in [-0.2, -0.15) is 0 Å². The van der Waals surface area contributed by atoms with Crippen molar-refractivity contribution in [2.45, 2.75) is 52.5 Å². The van der Waals surface area contributed by atoms with Gasteiger partial charge in [-0.05, 0) is 29.5 Å². The lowest BCUT2D eigenvalue weighted by molar-refractivity contribution is 0.215. The minimum Gasteiger partial charge on any atom is -0.329 e. The first-order valence-corrected chi connectivity index (χ1v) is 7.80. The van der Waals surface area contributed by atoms with E-state index in [1.165, 1.54) is 17.5 Å². The Balaban J connectivity index is 2.85. The SMILES string of the molecule is CCC(C)CN(C)C(CN)c1ccc(C(C)(C)C)cc1. The molecule has 0 fully saturated rings. The van der Waals surface area contributed by atoms with Crippen molar-refractivity contribution < 1.29 is 0 Å². The van der Waals surface area contributed by atoms with Gasteiger partial charge in [0.1, 0.15) is 0 Å². The van der Waals surface area contributed by atoms with Crippen molar-refractivity contribution in [2.24, 2.45) is 11.7 Å². The molecule has 2 heteroatoms. The van der Waals surface area contributed by atoms with Crippen LogP contribution in [0.3, 0.4) is 0 Å². The number of likely N-dealkylation sites (N-methyl/N-ethyl adjacent to an activating group) is 1. The predicted molar refractivity (Wildman–Crippen MR) is 89.0 cm³/mol. The summed E-state index contributed by atoms with van der Waals surface area (Å²) in [6, 6.07) is 9.29. The van der Waals surface area contributed by atoms with Gasteiger partial charge in [0, 0.05) is 19.1 Å². The molecule has 1 aromatic carbocycles. The smallest absolute Gasteiger partial charge is 0.0467 e. The topological polar surface area (TPSA) is 29.3 Å². The Labute approximate surface area is 125 Å². The van der Waals surface area contributed by atoms with Gasteiger partial charge in [-0.1, -0.05) is 65.3 Å². The molecule has 2 unspecified atom stereocenters. The van der Waals surface area contributed by atoms with Gasteiger partial charge in [-0.3, -0.25) is 4.90 Å². The van der Waals surface area contributed by atoms with Gasteiger partial charge in [0.05, 0.1) is 0 Å². The maximum Gasteiger partial charge on any atom is 0.0467 e. The average molecular weight is 276 g/mol. The van der Waals surface area contributed by atoms with Crippen LogP contribution in [0.4, 0.5) is 0 Å². The van der Waals surface area contributed by atoms with E-state index in [4.69, 9.17) is 5.73 Å². The van der Waals surface area contributed by atoms with Crippen molar-refractivity contribution >= 4 is 0 Å². The molecule has 0 aromatic heterocycles. The van der Waals surface area contributed by atoms with Crippen LogP contribution >= 0.6 is 0 Å². The molecular weight excluding hydrogens is 244 g/mol. The minimum absolute atomic E-state index is 0.208. The average Bonchev–Trinajstić information content (AvgIpc) is 2.39. The van der Waals surface area contributed by atoms with Crippen molar-refractivity contribution in [1.29, 1.82) is 0 Å². The molecule has 0 heterocycles. The normalized spacial score (nSPS) is 15.4. The third-order valence-electron chi connectivity index (χ3n) is 4.21. The number of nitrogens with two attached hydrogens (primary N) is 1. The Bertz CT molecular complexity index is 389. The second-order valence-corrected chi connectivity index (χ2v) is 7.08. The van der Waals surface area contributed by atoms with Gasteiger partial charge in [0.15, 0.2) is 0 Å². The first-order valence-electron chi connectivity index (χ1n) is 7.80.